The fraction of sp³-hybridized carbons (Fsp3) is 0.188. The molecule has 1 aromatic carbocycles. The van der Waals surface area contributed by atoms with Crippen LogP contribution in [0.4, 0.5) is 10.3 Å². The van der Waals surface area contributed by atoms with Crippen molar-refractivity contribution >= 4 is 33.4 Å². The van der Waals surface area contributed by atoms with Crippen molar-refractivity contribution in [3.8, 4) is 5.75 Å². The molecule has 1 aliphatic rings. The molecule has 1 amide bonds. The van der Waals surface area contributed by atoms with E-state index in [-0.39, 0.29) is 18.1 Å². The van der Waals surface area contributed by atoms with Gasteiger partial charge in [-0.3, -0.25) is 9.20 Å². The van der Waals surface area contributed by atoms with E-state index in [0.717, 1.165) is 5.56 Å². The van der Waals surface area contributed by atoms with E-state index in [9.17, 15) is 9.18 Å². The minimum atomic E-state index is -0.648. The maximum absolute atomic E-state index is 14.2. The van der Waals surface area contributed by atoms with Crippen LogP contribution in [0.15, 0.2) is 29.0 Å². The average Bonchev–Trinajstić information content (AvgIpc) is 3.19. The number of halogens is 2. The summed E-state index contributed by atoms with van der Waals surface area (Å²) in [6, 6.07) is 4.69. The van der Waals surface area contributed by atoms with Gasteiger partial charge in [-0.25, -0.2) is 14.4 Å². The van der Waals surface area contributed by atoms with E-state index in [1.54, 1.807) is 22.7 Å². The third-order valence-electron chi connectivity index (χ3n) is 4.08. The number of primary amides is 1. The van der Waals surface area contributed by atoms with Crippen molar-refractivity contribution in [2.24, 2.45) is 5.73 Å². The first kappa shape index (κ1) is 15.8. The van der Waals surface area contributed by atoms with Crippen molar-refractivity contribution in [2.75, 3.05) is 11.9 Å². The Morgan fingerprint density at radius 3 is 3.08 bits per heavy atom. The Balaban J connectivity index is 1.71. The first-order valence-electron chi connectivity index (χ1n) is 7.56. The number of hydrogen-bond donors (Lipinski definition) is 2. The minimum Gasteiger partial charge on any atom is -0.493 e. The van der Waals surface area contributed by atoms with Crippen LogP contribution in [-0.2, 0) is 13.0 Å². The van der Waals surface area contributed by atoms with E-state index in [1.165, 1.54) is 6.07 Å². The number of amides is 1. The number of nitrogens with zero attached hydrogens (tertiary/aromatic N) is 3. The lowest BCUT2D eigenvalue weighted by atomic mass is 10.0. The van der Waals surface area contributed by atoms with E-state index in [2.05, 4.69) is 31.2 Å². The second-order valence-corrected chi connectivity index (χ2v) is 6.28. The first-order valence-corrected chi connectivity index (χ1v) is 8.35. The number of nitrogens with two attached hydrogens (primary N) is 1. The Morgan fingerprint density at radius 2 is 2.28 bits per heavy atom. The number of hydrogen-bond acceptors (Lipinski definition) is 5. The third-order valence-corrected chi connectivity index (χ3v) is 4.81. The van der Waals surface area contributed by atoms with Crippen molar-refractivity contribution < 1.29 is 13.9 Å². The molecule has 0 saturated heterocycles. The molecule has 3 heterocycles. The predicted molar refractivity (Wildman–Crippen MR) is 92.1 cm³/mol. The Bertz CT molecular complexity index is 1000. The van der Waals surface area contributed by atoms with Crippen LogP contribution in [-0.4, -0.2) is 26.9 Å². The van der Waals surface area contributed by atoms with Crippen LogP contribution in [0.5, 0.6) is 5.75 Å². The molecule has 3 N–H and O–H groups in total. The van der Waals surface area contributed by atoms with Gasteiger partial charge in [0.1, 0.15) is 21.8 Å². The monoisotopic (exact) mass is 405 g/mol. The van der Waals surface area contributed by atoms with E-state index in [4.69, 9.17) is 10.5 Å². The largest absolute Gasteiger partial charge is 0.493 e. The summed E-state index contributed by atoms with van der Waals surface area (Å²) in [5.74, 6) is 0.182. The summed E-state index contributed by atoms with van der Waals surface area (Å²) in [5.41, 5.74) is 7.34. The molecule has 0 atom stereocenters. The fourth-order valence-electron chi connectivity index (χ4n) is 2.92. The van der Waals surface area contributed by atoms with Gasteiger partial charge < -0.3 is 15.8 Å². The van der Waals surface area contributed by atoms with Crippen LogP contribution in [0.1, 0.15) is 21.6 Å². The summed E-state index contributed by atoms with van der Waals surface area (Å²) < 4.78 is 21.7. The van der Waals surface area contributed by atoms with Gasteiger partial charge in [0.15, 0.2) is 5.69 Å². The van der Waals surface area contributed by atoms with Gasteiger partial charge in [0, 0.05) is 30.3 Å². The molecule has 2 aromatic heterocycles. The summed E-state index contributed by atoms with van der Waals surface area (Å²) in [6.45, 7) is 0.773. The van der Waals surface area contributed by atoms with Gasteiger partial charge in [0.2, 0.25) is 5.95 Å². The summed E-state index contributed by atoms with van der Waals surface area (Å²) >= 11 is 3.32. The number of ether oxygens (including phenoxy) is 1. The van der Waals surface area contributed by atoms with Crippen LogP contribution in [0.2, 0.25) is 0 Å². The molecular weight excluding hydrogens is 393 g/mol. The molecule has 0 radical (unpaired) electrons. The highest BCUT2D eigenvalue weighted by Crippen LogP contribution is 2.31. The Labute approximate surface area is 150 Å². The topological polar surface area (TPSA) is 94.5 Å². The van der Waals surface area contributed by atoms with E-state index in [1.807, 2.05) is 0 Å². The Kier molecular flexibility index (Phi) is 3.79. The molecule has 1 aliphatic heterocycles. The molecule has 128 valence electrons. The summed E-state index contributed by atoms with van der Waals surface area (Å²) in [5, 5.41) is 3.10. The molecule has 0 unspecified atom stereocenters. The minimum absolute atomic E-state index is 0.108. The van der Waals surface area contributed by atoms with Crippen molar-refractivity contribution in [2.45, 2.75) is 13.0 Å². The lowest BCUT2D eigenvalue weighted by Crippen LogP contribution is -2.12. The maximum atomic E-state index is 14.2. The molecule has 9 heteroatoms. The smallest absolute Gasteiger partial charge is 0.270 e. The number of benzene rings is 1. The van der Waals surface area contributed by atoms with Gasteiger partial charge in [0.25, 0.3) is 5.91 Å². The molecule has 0 fully saturated rings. The highest BCUT2D eigenvalue weighted by Gasteiger charge is 2.21. The van der Waals surface area contributed by atoms with Crippen LogP contribution in [0.25, 0.3) is 5.65 Å². The molecule has 25 heavy (non-hydrogen) atoms. The Morgan fingerprint density at radius 1 is 1.44 bits per heavy atom. The molecule has 3 aromatic rings. The van der Waals surface area contributed by atoms with E-state index < -0.39 is 5.91 Å². The van der Waals surface area contributed by atoms with Gasteiger partial charge in [-0.2, -0.15) is 0 Å². The fourth-order valence-corrected chi connectivity index (χ4v) is 3.55. The summed E-state index contributed by atoms with van der Waals surface area (Å²) in [6.07, 6.45) is 2.22. The third kappa shape index (κ3) is 2.60. The zero-order chi connectivity index (χ0) is 17.6. The van der Waals surface area contributed by atoms with Gasteiger partial charge in [-0.05, 0) is 34.1 Å². The number of rotatable bonds is 4. The molecule has 7 nitrogen and oxygen atoms in total. The zero-order valence-corrected chi connectivity index (χ0v) is 14.5. The second kappa shape index (κ2) is 5.99. The Hall–Kier alpha value is -2.68. The van der Waals surface area contributed by atoms with Crippen molar-refractivity contribution in [3.05, 3.63) is 51.6 Å². The van der Waals surface area contributed by atoms with Gasteiger partial charge in [-0.15, -0.1) is 0 Å². The standard InChI is InChI=1S/C16H13BrFN5O2/c17-14-13(15(19)24)22-12-3-5-20-16(23(12)14)21-7-9-8-4-6-25-11(8)2-1-10(9)18/h1-3,5H,4,6-7H2,(H2,19,24)(H,20,21). The number of imidazole rings is 1. The highest BCUT2D eigenvalue weighted by atomic mass is 79.9. The second-order valence-electron chi connectivity index (χ2n) is 5.53. The van der Waals surface area contributed by atoms with Crippen molar-refractivity contribution in [1.29, 1.82) is 0 Å². The number of anilines is 1. The zero-order valence-electron chi connectivity index (χ0n) is 12.9. The summed E-state index contributed by atoms with van der Waals surface area (Å²) in [4.78, 5) is 19.9. The number of aromatic nitrogens is 3. The van der Waals surface area contributed by atoms with Crippen LogP contribution >= 0.6 is 15.9 Å². The SMILES string of the molecule is NC(=O)c1nc2ccnc(NCc3c(F)ccc4c3CCO4)n2c1Br. The predicted octanol–water partition coefficient (Wildman–Crippen LogP) is 2.28. The average molecular weight is 406 g/mol. The van der Waals surface area contributed by atoms with Crippen LogP contribution < -0.4 is 15.8 Å². The number of nitrogens with one attached hydrogen (secondary N) is 1. The van der Waals surface area contributed by atoms with Crippen LogP contribution in [0.3, 0.4) is 0 Å². The number of carbonyl (C=O) groups is 1. The van der Waals surface area contributed by atoms with Crippen LogP contribution in [0, 0.1) is 5.82 Å². The van der Waals surface area contributed by atoms with Gasteiger partial charge in [0.05, 0.1) is 6.61 Å². The van der Waals surface area contributed by atoms with E-state index in [0.29, 0.717) is 40.5 Å². The van der Waals surface area contributed by atoms with E-state index >= 15 is 0 Å². The lowest BCUT2D eigenvalue weighted by molar-refractivity contribution is 0.0995. The molecule has 0 spiro atoms. The first-order chi connectivity index (χ1) is 12.1. The molecule has 4 rings (SSSR count). The van der Waals surface area contributed by atoms with Crippen molar-refractivity contribution in [3.63, 3.8) is 0 Å². The van der Waals surface area contributed by atoms with Gasteiger partial charge >= 0.3 is 0 Å². The quantitative estimate of drug-likeness (QED) is 0.694. The molecule has 0 aliphatic carbocycles. The highest BCUT2D eigenvalue weighted by molar-refractivity contribution is 9.10. The normalized spacial score (nSPS) is 12.9. The lowest BCUT2D eigenvalue weighted by Gasteiger charge is -2.12. The number of carbonyl (C=O) groups excluding carboxylic acids is 1. The van der Waals surface area contributed by atoms with Gasteiger partial charge in [-0.1, -0.05) is 0 Å². The van der Waals surface area contributed by atoms with Crippen molar-refractivity contribution in [1.82, 2.24) is 14.4 Å². The molecule has 0 bridgehead atoms. The summed E-state index contributed by atoms with van der Waals surface area (Å²) in [7, 11) is 0. The maximum Gasteiger partial charge on any atom is 0.270 e. The molecular formula is C16H13BrFN5O2. The number of fused-ring (bicyclic) bond motifs is 2. The molecule has 0 saturated carbocycles.